The maximum absolute atomic E-state index is 11.9. The van der Waals surface area contributed by atoms with Crippen LogP contribution in [-0.4, -0.2) is 19.0 Å². The van der Waals surface area contributed by atoms with Crippen molar-refractivity contribution in [1.29, 1.82) is 5.26 Å². The molecule has 2 aromatic rings. The van der Waals surface area contributed by atoms with Crippen molar-refractivity contribution in [3.63, 3.8) is 0 Å². The minimum atomic E-state index is -0.536. The third-order valence-electron chi connectivity index (χ3n) is 2.81. The van der Waals surface area contributed by atoms with Crippen LogP contribution in [0.1, 0.15) is 26.6 Å². The number of thiophene rings is 1. The zero-order valence-electron chi connectivity index (χ0n) is 11.9. The normalized spacial score (nSPS) is 10.4. The van der Waals surface area contributed by atoms with Gasteiger partial charge in [0.2, 0.25) is 5.91 Å². The first-order chi connectivity index (χ1) is 10.6. The minimum Gasteiger partial charge on any atom is -0.465 e. The van der Waals surface area contributed by atoms with Crippen LogP contribution in [0.5, 0.6) is 0 Å². The van der Waals surface area contributed by atoms with E-state index in [2.05, 4.69) is 10.1 Å². The van der Waals surface area contributed by atoms with E-state index >= 15 is 0 Å². The van der Waals surface area contributed by atoms with Crippen LogP contribution in [0.3, 0.4) is 0 Å². The minimum absolute atomic E-state index is 0.255. The van der Waals surface area contributed by atoms with Crippen molar-refractivity contribution in [2.45, 2.75) is 6.92 Å². The predicted octanol–water partition coefficient (Wildman–Crippen LogP) is 2.96. The average molecular weight is 316 g/mol. The van der Waals surface area contributed by atoms with Crippen molar-refractivity contribution in [3.05, 3.63) is 46.2 Å². The van der Waals surface area contributed by atoms with Crippen molar-refractivity contribution >= 4 is 34.3 Å². The van der Waals surface area contributed by atoms with Gasteiger partial charge in [-0.2, -0.15) is 5.26 Å². The number of anilines is 1. The highest BCUT2D eigenvalue weighted by Gasteiger charge is 2.21. The number of methoxy groups -OCH3 is 1. The molecular weight excluding hydrogens is 304 g/mol. The Morgan fingerprint density at radius 1 is 1.50 bits per heavy atom. The van der Waals surface area contributed by atoms with E-state index in [1.807, 2.05) is 6.07 Å². The topological polar surface area (TPSA) is 92.3 Å². The number of esters is 1. The van der Waals surface area contributed by atoms with Gasteiger partial charge >= 0.3 is 5.97 Å². The summed E-state index contributed by atoms with van der Waals surface area (Å²) < 4.78 is 9.72. The molecule has 0 aromatic carbocycles. The lowest BCUT2D eigenvalue weighted by atomic mass is 10.2. The zero-order chi connectivity index (χ0) is 16.1. The van der Waals surface area contributed by atoms with Crippen LogP contribution in [0.2, 0.25) is 0 Å². The van der Waals surface area contributed by atoms with Gasteiger partial charge in [0.05, 0.1) is 18.9 Å². The molecule has 1 N–H and O–H groups in total. The number of nitriles is 1. The van der Waals surface area contributed by atoms with Crippen molar-refractivity contribution in [2.75, 3.05) is 12.4 Å². The first-order valence-corrected chi connectivity index (χ1v) is 7.02. The van der Waals surface area contributed by atoms with Crippen molar-refractivity contribution in [1.82, 2.24) is 0 Å². The summed E-state index contributed by atoms with van der Waals surface area (Å²) in [6, 6.07) is 5.39. The molecule has 0 saturated heterocycles. The van der Waals surface area contributed by atoms with E-state index in [0.29, 0.717) is 21.2 Å². The third kappa shape index (κ3) is 3.24. The molecule has 1 amide bonds. The molecular formula is C15H12N2O4S. The highest BCUT2D eigenvalue weighted by molar-refractivity contribution is 7.18. The van der Waals surface area contributed by atoms with Gasteiger partial charge in [-0.15, -0.1) is 11.3 Å². The molecule has 2 rings (SSSR count). The number of nitrogens with zero attached hydrogens (tertiary/aromatic N) is 1. The molecule has 0 unspecified atom stereocenters. The number of nitrogens with one attached hydrogen (secondary N) is 1. The van der Waals surface area contributed by atoms with E-state index in [1.165, 1.54) is 25.5 Å². The Balaban J connectivity index is 2.20. The van der Waals surface area contributed by atoms with Gasteiger partial charge in [0, 0.05) is 6.08 Å². The zero-order valence-corrected chi connectivity index (χ0v) is 12.7. The van der Waals surface area contributed by atoms with Crippen LogP contribution in [0.4, 0.5) is 5.00 Å². The Morgan fingerprint density at radius 2 is 2.27 bits per heavy atom. The number of carbonyl (C=O) groups is 2. The average Bonchev–Trinajstić information content (AvgIpc) is 3.12. The number of hydrogen-bond acceptors (Lipinski definition) is 6. The second-order valence-electron chi connectivity index (χ2n) is 4.20. The smallest absolute Gasteiger partial charge is 0.348 e. The summed E-state index contributed by atoms with van der Waals surface area (Å²) in [6.07, 6.45) is 4.28. The molecule has 0 spiro atoms. The van der Waals surface area contributed by atoms with Gasteiger partial charge in [-0.1, -0.05) is 0 Å². The van der Waals surface area contributed by atoms with Crippen LogP contribution in [-0.2, 0) is 9.53 Å². The predicted molar refractivity (Wildman–Crippen MR) is 81.5 cm³/mol. The van der Waals surface area contributed by atoms with E-state index in [-0.39, 0.29) is 5.56 Å². The molecule has 0 saturated carbocycles. The monoisotopic (exact) mass is 316 g/mol. The standard InChI is InChI=1S/C15H12N2O4S/c1-9-11(8-16)14(22-13(9)15(19)20-2)17-12(18)6-5-10-4-3-7-21-10/h3-7H,1-2H3,(H,17,18)/b6-5+. The van der Waals surface area contributed by atoms with Crippen LogP contribution >= 0.6 is 11.3 Å². The lowest BCUT2D eigenvalue weighted by molar-refractivity contribution is -0.111. The van der Waals surface area contributed by atoms with E-state index < -0.39 is 11.9 Å². The summed E-state index contributed by atoms with van der Waals surface area (Å²) in [4.78, 5) is 23.8. The van der Waals surface area contributed by atoms with Crippen molar-refractivity contribution in [3.8, 4) is 6.07 Å². The summed E-state index contributed by atoms with van der Waals surface area (Å²) in [7, 11) is 1.26. The Morgan fingerprint density at radius 3 is 2.86 bits per heavy atom. The van der Waals surface area contributed by atoms with Crippen LogP contribution < -0.4 is 5.32 Å². The van der Waals surface area contributed by atoms with Gasteiger partial charge < -0.3 is 14.5 Å². The number of furan rings is 1. The fourth-order valence-corrected chi connectivity index (χ4v) is 2.80. The lowest BCUT2D eigenvalue weighted by Gasteiger charge is -1.98. The molecule has 22 heavy (non-hydrogen) atoms. The molecule has 0 fully saturated rings. The third-order valence-corrected chi connectivity index (χ3v) is 4.00. The molecule has 112 valence electrons. The molecule has 0 atom stereocenters. The first kappa shape index (κ1) is 15.5. The number of amides is 1. The molecule has 7 heteroatoms. The van der Waals surface area contributed by atoms with Gasteiger partial charge in [-0.05, 0) is 30.7 Å². The molecule has 0 aliphatic heterocycles. The lowest BCUT2D eigenvalue weighted by Crippen LogP contribution is -2.07. The SMILES string of the molecule is COC(=O)c1sc(NC(=O)/C=C/c2ccco2)c(C#N)c1C. The van der Waals surface area contributed by atoms with Gasteiger partial charge in [0.15, 0.2) is 0 Å². The summed E-state index contributed by atoms with van der Waals surface area (Å²) in [5.41, 5.74) is 0.745. The van der Waals surface area contributed by atoms with Crippen LogP contribution in [0.25, 0.3) is 6.08 Å². The van der Waals surface area contributed by atoms with E-state index in [9.17, 15) is 14.9 Å². The Labute approximate surface area is 130 Å². The van der Waals surface area contributed by atoms with Crippen molar-refractivity contribution in [2.24, 2.45) is 0 Å². The number of hydrogen-bond donors (Lipinski definition) is 1. The summed E-state index contributed by atoms with van der Waals surface area (Å²) in [5.74, 6) is -0.426. The van der Waals surface area contributed by atoms with E-state index in [4.69, 9.17) is 4.42 Å². The summed E-state index contributed by atoms with van der Waals surface area (Å²) in [6.45, 7) is 1.63. The van der Waals surface area contributed by atoms with Gasteiger partial charge in [-0.3, -0.25) is 4.79 Å². The summed E-state index contributed by atoms with van der Waals surface area (Å²) >= 11 is 1.01. The molecule has 0 aliphatic carbocycles. The van der Waals surface area contributed by atoms with Gasteiger partial charge in [0.1, 0.15) is 21.7 Å². The summed E-state index contributed by atoms with van der Waals surface area (Å²) in [5, 5.41) is 12.1. The molecule has 0 aliphatic rings. The van der Waals surface area contributed by atoms with Gasteiger partial charge in [-0.25, -0.2) is 4.79 Å². The quantitative estimate of drug-likeness (QED) is 0.691. The maximum Gasteiger partial charge on any atom is 0.348 e. The van der Waals surface area contributed by atoms with Crippen LogP contribution in [0.15, 0.2) is 28.9 Å². The molecule has 0 bridgehead atoms. The highest BCUT2D eigenvalue weighted by Crippen LogP contribution is 2.32. The van der Waals surface area contributed by atoms with Gasteiger partial charge in [0.25, 0.3) is 0 Å². The van der Waals surface area contributed by atoms with E-state index in [1.54, 1.807) is 19.1 Å². The van der Waals surface area contributed by atoms with Crippen molar-refractivity contribution < 1.29 is 18.7 Å². The second kappa shape index (κ2) is 6.74. The molecule has 2 heterocycles. The Bertz CT molecular complexity index is 766. The largest absolute Gasteiger partial charge is 0.465 e. The first-order valence-electron chi connectivity index (χ1n) is 6.21. The number of carbonyl (C=O) groups excluding carboxylic acids is 2. The maximum atomic E-state index is 11.9. The highest BCUT2D eigenvalue weighted by atomic mass is 32.1. The fraction of sp³-hybridized carbons (Fsp3) is 0.133. The number of rotatable bonds is 4. The Kier molecular flexibility index (Phi) is 4.76. The van der Waals surface area contributed by atoms with Crippen LogP contribution in [0, 0.1) is 18.3 Å². The molecule has 6 nitrogen and oxygen atoms in total. The fourth-order valence-electron chi connectivity index (χ4n) is 1.72. The molecule has 2 aromatic heterocycles. The Hall–Kier alpha value is -2.85. The molecule has 0 radical (unpaired) electrons. The second-order valence-corrected chi connectivity index (χ2v) is 5.22. The number of ether oxygens (including phenoxy) is 1. The van der Waals surface area contributed by atoms with E-state index in [0.717, 1.165) is 11.3 Å².